The molecule has 244 valence electrons. The minimum atomic E-state index is -0.971. The van der Waals surface area contributed by atoms with Crippen LogP contribution in [0.3, 0.4) is 0 Å². The number of rotatable bonds is 12. The van der Waals surface area contributed by atoms with Gasteiger partial charge in [0.2, 0.25) is 0 Å². The molecule has 0 aromatic heterocycles. The lowest BCUT2D eigenvalue weighted by atomic mass is 9.97. The van der Waals surface area contributed by atoms with Gasteiger partial charge in [0, 0.05) is 36.1 Å². The van der Waals surface area contributed by atoms with Crippen molar-refractivity contribution in [1.29, 1.82) is 0 Å². The number of aromatic carboxylic acids is 1. The Hall–Kier alpha value is -4.48. The Balaban J connectivity index is 1.34. The van der Waals surface area contributed by atoms with Gasteiger partial charge in [0.15, 0.2) is 12.4 Å². The second kappa shape index (κ2) is 15.9. The summed E-state index contributed by atoms with van der Waals surface area (Å²) in [6.45, 7) is 3.01. The third-order valence-electron chi connectivity index (χ3n) is 7.83. The van der Waals surface area contributed by atoms with Crippen molar-refractivity contribution >= 4 is 29.6 Å². The molecule has 47 heavy (non-hydrogen) atoms. The molecule has 1 aliphatic heterocycles. The van der Waals surface area contributed by atoms with Gasteiger partial charge in [-0.1, -0.05) is 84.9 Å². The second-order valence-electron chi connectivity index (χ2n) is 11.2. The number of ether oxygens (including phenoxy) is 3. The standard InChI is InChI=1S/C37H37NO8S/c1-23(44-24(2)40)35(41)38-20-29-7-3-4-8-31(29)26-15-17-28(18-16-26)37-45-30(22-47-34-10-6-5-9-32(34)36(42)43)19-33(46-37)27-13-11-25(21-39)12-14-27/h3-18,23,30,33,37,39H,19-22H2,1-2H3,(H,38,41)(H,42,43)/t23-,30+,33-,37-/m0/s1. The van der Waals surface area contributed by atoms with E-state index in [-0.39, 0.29) is 36.8 Å². The van der Waals surface area contributed by atoms with Gasteiger partial charge in [0.1, 0.15) is 0 Å². The number of aliphatic hydroxyl groups excluding tert-OH is 1. The lowest BCUT2D eigenvalue weighted by Gasteiger charge is -2.36. The van der Waals surface area contributed by atoms with E-state index < -0.39 is 24.3 Å². The van der Waals surface area contributed by atoms with Crippen molar-refractivity contribution in [3.8, 4) is 11.1 Å². The van der Waals surface area contributed by atoms with Crippen LogP contribution in [0.1, 0.15) is 65.3 Å². The summed E-state index contributed by atoms with van der Waals surface area (Å²) >= 11 is 1.45. The number of esters is 1. The quantitative estimate of drug-likeness (QED) is 0.116. The fourth-order valence-corrected chi connectivity index (χ4v) is 6.44. The van der Waals surface area contributed by atoms with Crippen LogP contribution in [-0.2, 0) is 37.0 Å². The SMILES string of the molecule is CC(=O)O[C@@H](C)C(=O)NCc1ccccc1-c1ccc([C@H]2O[C@@H](CSc3ccccc3C(=O)O)C[C@@H](c3ccc(CO)cc3)O2)cc1. The third kappa shape index (κ3) is 8.87. The Labute approximate surface area is 277 Å². The number of carboxylic acid groups (broad SMARTS) is 1. The van der Waals surface area contributed by atoms with Crippen LogP contribution in [0, 0.1) is 0 Å². The average molecular weight is 656 g/mol. The van der Waals surface area contributed by atoms with Gasteiger partial charge in [0.05, 0.1) is 24.4 Å². The molecular formula is C37H37NO8S. The first-order valence-corrected chi connectivity index (χ1v) is 16.3. The van der Waals surface area contributed by atoms with E-state index in [1.807, 2.05) is 78.9 Å². The van der Waals surface area contributed by atoms with Crippen molar-refractivity contribution in [2.75, 3.05) is 5.75 Å². The van der Waals surface area contributed by atoms with Gasteiger partial charge in [-0.05, 0) is 46.9 Å². The van der Waals surface area contributed by atoms with Crippen molar-refractivity contribution in [3.05, 3.63) is 125 Å². The summed E-state index contributed by atoms with van der Waals surface area (Å²) < 4.78 is 17.9. The Bertz CT molecular complexity index is 1690. The highest BCUT2D eigenvalue weighted by atomic mass is 32.2. The number of carbonyl (C=O) groups excluding carboxylic acids is 2. The van der Waals surface area contributed by atoms with Crippen LogP contribution < -0.4 is 5.32 Å². The maximum Gasteiger partial charge on any atom is 0.336 e. The van der Waals surface area contributed by atoms with Crippen LogP contribution in [0.2, 0.25) is 0 Å². The Morgan fingerprint density at radius 3 is 2.30 bits per heavy atom. The summed E-state index contributed by atoms with van der Waals surface area (Å²) in [5, 5.41) is 22.0. The molecule has 0 bridgehead atoms. The topological polar surface area (TPSA) is 131 Å². The molecule has 10 heteroatoms. The van der Waals surface area contributed by atoms with Gasteiger partial charge in [-0.25, -0.2) is 4.79 Å². The molecule has 9 nitrogen and oxygen atoms in total. The minimum Gasteiger partial charge on any atom is -0.478 e. The van der Waals surface area contributed by atoms with E-state index in [9.17, 15) is 24.6 Å². The zero-order valence-corrected chi connectivity index (χ0v) is 26.9. The van der Waals surface area contributed by atoms with E-state index in [2.05, 4.69) is 5.32 Å². The summed E-state index contributed by atoms with van der Waals surface area (Å²) in [6.07, 6.45) is -1.50. The summed E-state index contributed by atoms with van der Waals surface area (Å²) in [5.41, 5.74) is 5.64. The van der Waals surface area contributed by atoms with Crippen molar-refractivity contribution in [1.82, 2.24) is 5.32 Å². The molecule has 4 aromatic carbocycles. The van der Waals surface area contributed by atoms with Gasteiger partial charge in [-0.2, -0.15) is 0 Å². The van der Waals surface area contributed by atoms with E-state index >= 15 is 0 Å². The number of thioether (sulfide) groups is 1. The third-order valence-corrected chi connectivity index (χ3v) is 9.04. The molecule has 1 saturated heterocycles. The maximum atomic E-state index is 12.4. The highest BCUT2D eigenvalue weighted by molar-refractivity contribution is 7.99. The number of hydrogen-bond donors (Lipinski definition) is 3. The summed E-state index contributed by atoms with van der Waals surface area (Å²) in [6, 6.07) is 30.2. The highest BCUT2D eigenvalue weighted by Crippen LogP contribution is 2.40. The number of benzene rings is 4. The number of carboxylic acids is 1. The van der Waals surface area contributed by atoms with Crippen molar-refractivity contribution in [3.63, 3.8) is 0 Å². The number of nitrogens with one attached hydrogen (secondary N) is 1. The first kappa shape index (κ1) is 33.9. The van der Waals surface area contributed by atoms with Crippen LogP contribution in [0.4, 0.5) is 0 Å². The predicted molar refractivity (Wildman–Crippen MR) is 177 cm³/mol. The van der Waals surface area contributed by atoms with Gasteiger partial charge in [-0.15, -0.1) is 11.8 Å². The highest BCUT2D eigenvalue weighted by Gasteiger charge is 2.32. The van der Waals surface area contributed by atoms with Gasteiger partial charge < -0.3 is 29.7 Å². The molecule has 1 heterocycles. The fraction of sp³-hybridized carbons (Fsp3) is 0.270. The summed E-state index contributed by atoms with van der Waals surface area (Å²) in [7, 11) is 0. The van der Waals surface area contributed by atoms with Gasteiger partial charge in [-0.3, -0.25) is 9.59 Å². The van der Waals surface area contributed by atoms with E-state index in [4.69, 9.17) is 14.2 Å². The van der Waals surface area contributed by atoms with Crippen LogP contribution in [0.5, 0.6) is 0 Å². The van der Waals surface area contributed by atoms with E-state index in [0.717, 1.165) is 33.4 Å². The fourth-order valence-electron chi connectivity index (χ4n) is 5.38. The molecule has 1 aliphatic rings. The minimum absolute atomic E-state index is 0.0466. The lowest BCUT2D eigenvalue weighted by Crippen LogP contribution is -2.35. The van der Waals surface area contributed by atoms with Crippen LogP contribution in [-0.4, -0.2) is 46.0 Å². The lowest BCUT2D eigenvalue weighted by molar-refractivity contribution is -0.245. The smallest absolute Gasteiger partial charge is 0.336 e. The average Bonchev–Trinajstić information content (AvgIpc) is 3.09. The maximum absolute atomic E-state index is 12.4. The molecule has 0 aliphatic carbocycles. The monoisotopic (exact) mass is 655 g/mol. The molecule has 4 aromatic rings. The summed E-state index contributed by atoms with van der Waals surface area (Å²) in [4.78, 5) is 36.1. The Kier molecular flexibility index (Phi) is 11.4. The number of amides is 1. The molecule has 0 spiro atoms. The van der Waals surface area contributed by atoms with Crippen LogP contribution in [0.15, 0.2) is 102 Å². The van der Waals surface area contributed by atoms with Gasteiger partial charge >= 0.3 is 11.9 Å². The molecule has 0 radical (unpaired) electrons. The number of aliphatic hydroxyl groups is 1. The van der Waals surface area contributed by atoms with Gasteiger partial charge in [0.25, 0.3) is 5.91 Å². The summed E-state index contributed by atoms with van der Waals surface area (Å²) in [5.74, 6) is -1.33. The molecule has 3 N–H and O–H groups in total. The Morgan fingerprint density at radius 1 is 0.915 bits per heavy atom. The van der Waals surface area contributed by atoms with Crippen molar-refractivity contribution < 1.29 is 38.8 Å². The second-order valence-corrected chi connectivity index (χ2v) is 12.3. The largest absolute Gasteiger partial charge is 0.478 e. The molecule has 1 amide bonds. The number of hydrogen-bond acceptors (Lipinski definition) is 8. The number of carbonyl (C=O) groups is 3. The molecule has 0 saturated carbocycles. The zero-order valence-electron chi connectivity index (χ0n) is 26.1. The van der Waals surface area contributed by atoms with E-state index in [1.54, 1.807) is 18.2 Å². The Morgan fingerprint density at radius 2 is 1.60 bits per heavy atom. The molecule has 1 fully saturated rings. The first-order chi connectivity index (χ1) is 22.7. The molecular weight excluding hydrogens is 618 g/mol. The van der Waals surface area contributed by atoms with Crippen LogP contribution >= 0.6 is 11.8 Å². The zero-order chi connectivity index (χ0) is 33.3. The van der Waals surface area contributed by atoms with E-state index in [0.29, 0.717) is 17.1 Å². The molecule has 0 unspecified atom stereocenters. The normalized spacial score (nSPS) is 18.2. The molecule has 5 rings (SSSR count). The van der Waals surface area contributed by atoms with Crippen LogP contribution in [0.25, 0.3) is 11.1 Å². The first-order valence-electron chi connectivity index (χ1n) is 15.3. The van der Waals surface area contributed by atoms with E-state index in [1.165, 1.54) is 25.6 Å². The predicted octanol–water partition coefficient (Wildman–Crippen LogP) is 6.45. The molecule has 4 atom stereocenters. The van der Waals surface area contributed by atoms with Crippen molar-refractivity contribution in [2.24, 2.45) is 0 Å². The van der Waals surface area contributed by atoms with Crippen molar-refractivity contribution in [2.45, 2.75) is 62.9 Å².